The van der Waals surface area contributed by atoms with Gasteiger partial charge in [-0.15, -0.1) is 0 Å². The van der Waals surface area contributed by atoms with Crippen LogP contribution in [-0.4, -0.2) is 35.0 Å². The molecule has 0 fully saturated rings. The number of sulfonamides is 1. The van der Waals surface area contributed by atoms with Crippen molar-refractivity contribution in [2.75, 3.05) is 21.9 Å². The van der Waals surface area contributed by atoms with E-state index in [9.17, 15) is 21.6 Å². The minimum absolute atomic E-state index is 0.129. The maximum absolute atomic E-state index is 13.2. The van der Waals surface area contributed by atoms with Gasteiger partial charge in [-0.2, -0.15) is 0 Å². The highest BCUT2D eigenvalue weighted by Crippen LogP contribution is 2.32. The van der Waals surface area contributed by atoms with Gasteiger partial charge in [0.1, 0.15) is 0 Å². The first-order valence-corrected chi connectivity index (χ1v) is 13.6. The number of nitrogens with one attached hydrogen (secondary N) is 1. The molecule has 0 aromatic heterocycles. The van der Waals surface area contributed by atoms with Crippen LogP contribution in [0.2, 0.25) is 0 Å². The molecule has 0 bridgehead atoms. The molecule has 4 rings (SSSR count). The van der Waals surface area contributed by atoms with Crippen LogP contribution in [0.1, 0.15) is 18.4 Å². The molecule has 0 atom stereocenters. The summed E-state index contributed by atoms with van der Waals surface area (Å²) in [4.78, 5) is 12.6. The predicted octanol–water partition coefficient (Wildman–Crippen LogP) is 3.63. The fourth-order valence-corrected chi connectivity index (χ4v) is 6.59. The molecule has 0 unspecified atom stereocenters. The van der Waals surface area contributed by atoms with Crippen LogP contribution in [0.4, 0.5) is 11.4 Å². The van der Waals surface area contributed by atoms with Gasteiger partial charge >= 0.3 is 0 Å². The lowest BCUT2D eigenvalue weighted by molar-refractivity contribution is -0.115. The second-order valence-electron chi connectivity index (χ2n) is 7.76. The van der Waals surface area contributed by atoms with Gasteiger partial charge in [-0.25, -0.2) is 16.8 Å². The number of para-hydroxylation sites is 1. The third kappa shape index (κ3) is 5.09. The molecule has 1 aliphatic rings. The number of aryl methyl sites for hydroxylation is 1. The molecule has 0 aliphatic carbocycles. The Hall–Kier alpha value is -3.17. The third-order valence-corrected chi connectivity index (χ3v) is 9.05. The summed E-state index contributed by atoms with van der Waals surface area (Å²) in [6.07, 6.45) is 1.38. The van der Waals surface area contributed by atoms with Crippen LogP contribution in [0.25, 0.3) is 0 Å². The highest BCUT2D eigenvalue weighted by Gasteiger charge is 2.28. The van der Waals surface area contributed by atoms with Crippen molar-refractivity contribution in [1.29, 1.82) is 0 Å². The minimum atomic E-state index is -3.74. The first-order chi connectivity index (χ1) is 15.8. The molecule has 3 aromatic rings. The molecule has 0 radical (unpaired) electrons. The van der Waals surface area contributed by atoms with Gasteiger partial charge in [0.25, 0.3) is 10.0 Å². The van der Waals surface area contributed by atoms with Gasteiger partial charge in [0, 0.05) is 18.7 Å². The predicted molar refractivity (Wildman–Crippen MR) is 127 cm³/mol. The lowest BCUT2D eigenvalue weighted by Gasteiger charge is -2.30. The maximum atomic E-state index is 13.2. The Labute approximate surface area is 194 Å². The number of anilines is 2. The zero-order valence-electron chi connectivity index (χ0n) is 17.8. The maximum Gasteiger partial charge on any atom is 0.264 e. The van der Waals surface area contributed by atoms with Crippen molar-refractivity contribution < 1.29 is 21.6 Å². The van der Waals surface area contributed by atoms with Crippen molar-refractivity contribution in [3.05, 3.63) is 84.4 Å². The molecule has 1 amide bonds. The van der Waals surface area contributed by atoms with E-state index in [1.54, 1.807) is 18.2 Å². The number of sulfone groups is 1. The molecule has 33 heavy (non-hydrogen) atoms. The molecular formula is C24H24N2O5S2. The quantitative estimate of drug-likeness (QED) is 0.552. The van der Waals surface area contributed by atoms with Crippen LogP contribution in [0.3, 0.4) is 0 Å². The van der Waals surface area contributed by atoms with Crippen LogP contribution in [0.15, 0.2) is 88.7 Å². The van der Waals surface area contributed by atoms with Crippen LogP contribution in [0, 0.1) is 0 Å². The number of hydrogen-bond acceptors (Lipinski definition) is 5. The second kappa shape index (κ2) is 9.36. The van der Waals surface area contributed by atoms with Gasteiger partial charge in [-0.3, -0.25) is 9.10 Å². The van der Waals surface area contributed by atoms with Crippen LogP contribution >= 0.6 is 0 Å². The second-order valence-corrected chi connectivity index (χ2v) is 11.7. The fraction of sp³-hybridized carbons (Fsp3) is 0.208. The third-order valence-electron chi connectivity index (χ3n) is 5.49. The summed E-state index contributed by atoms with van der Waals surface area (Å²) >= 11 is 0. The molecule has 0 spiro atoms. The average Bonchev–Trinajstić information content (AvgIpc) is 2.83. The number of amides is 1. The molecule has 9 heteroatoms. The first kappa shape index (κ1) is 23.0. The van der Waals surface area contributed by atoms with Crippen molar-refractivity contribution in [2.45, 2.75) is 29.1 Å². The molecule has 1 heterocycles. The Morgan fingerprint density at radius 3 is 2.21 bits per heavy atom. The molecule has 1 N–H and O–H groups in total. The lowest BCUT2D eigenvalue weighted by Crippen LogP contribution is -2.35. The van der Waals surface area contributed by atoms with Crippen molar-refractivity contribution in [3.8, 4) is 0 Å². The first-order valence-electron chi connectivity index (χ1n) is 10.6. The van der Waals surface area contributed by atoms with E-state index in [0.29, 0.717) is 17.9 Å². The van der Waals surface area contributed by atoms with Gasteiger partial charge < -0.3 is 5.32 Å². The van der Waals surface area contributed by atoms with Crippen molar-refractivity contribution in [2.24, 2.45) is 0 Å². The number of fused-ring (bicyclic) bond motifs is 1. The summed E-state index contributed by atoms with van der Waals surface area (Å²) in [5, 5.41) is 2.63. The topological polar surface area (TPSA) is 101 Å². The minimum Gasteiger partial charge on any atom is -0.326 e. The summed E-state index contributed by atoms with van der Waals surface area (Å²) in [5.74, 6) is -0.779. The van der Waals surface area contributed by atoms with E-state index in [4.69, 9.17) is 0 Å². The van der Waals surface area contributed by atoms with Gasteiger partial charge in [-0.1, -0.05) is 36.4 Å². The summed E-state index contributed by atoms with van der Waals surface area (Å²) in [6, 6.07) is 21.3. The van der Waals surface area contributed by atoms with Gasteiger partial charge in [0.2, 0.25) is 5.91 Å². The van der Waals surface area contributed by atoms with Gasteiger partial charge in [0.15, 0.2) is 9.84 Å². The van der Waals surface area contributed by atoms with Crippen LogP contribution in [0.5, 0.6) is 0 Å². The summed E-state index contributed by atoms with van der Waals surface area (Å²) < 4.78 is 52.5. The highest BCUT2D eigenvalue weighted by molar-refractivity contribution is 7.92. The van der Waals surface area contributed by atoms with Gasteiger partial charge in [-0.05, 0) is 60.9 Å². The Morgan fingerprint density at radius 2 is 1.48 bits per heavy atom. The number of nitrogens with zero attached hydrogens (tertiary/aromatic N) is 1. The van der Waals surface area contributed by atoms with Gasteiger partial charge in [0.05, 0.1) is 21.2 Å². The Kier molecular flexibility index (Phi) is 6.53. The molecular weight excluding hydrogens is 460 g/mol. The normalized spacial score (nSPS) is 13.9. The average molecular weight is 485 g/mol. The van der Waals surface area contributed by atoms with Crippen LogP contribution < -0.4 is 9.62 Å². The van der Waals surface area contributed by atoms with E-state index in [0.717, 1.165) is 18.4 Å². The monoisotopic (exact) mass is 484 g/mol. The number of hydrogen-bond donors (Lipinski definition) is 1. The lowest BCUT2D eigenvalue weighted by atomic mass is 10.0. The number of carbonyl (C=O) groups is 1. The van der Waals surface area contributed by atoms with E-state index in [-0.39, 0.29) is 22.0 Å². The molecule has 1 aliphatic heterocycles. The Balaban J connectivity index is 1.42. The molecule has 0 saturated carbocycles. The fourth-order valence-electron chi connectivity index (χ4n) is 3.78. The van der Waals surface area contributed by atoms with E-state index in [1.165, 1.54) is 40.7 Å². The molecule has 7 nitrogen and oxygen atoms in total. The van der Waals surface area contributed by atoms with Crippen molar-refractivity contribution in [3.63, 3.8) is 0 Å². The number of carbonyl (C=O) groups excluding carboxylic acids is 1. The van der Waals surface area contributed by atoms with Crippen molar-refractivity contribution >= 4 is 37.1 Å². The Bertz CT molecular complexity index is 1350. The number of rotatable bonds is 7. The largest absolute Gasteiger partial charge is 0.326 e. The van der Waals surface area contributed by atoms with Crippen LogP contribution in [-0.2, 0) is 31.1 Å². The summed E-state index contributed by atoms with van der Waals surface area (Å²) in [6.45, 7) is 0.410. The summed E-state index contributed by atoms with van der Waals surface area (Å²) in [5.41, 5.74) is 2.09. The SMILES string of the molecule is O=C(CCS(=O)(=O)c1ccccc1)Nc1ccc(S(=O)(=O)N2CCCc3ccccc32)cc1. The zero-order chi connectivity index (χ0) is 23.5. The Morgan fingerprint density at radius 1 is 0.818 bits per heavy atom. The highest BCUT2D eigenvalue weighted by atomic mass is 32.2. The standard InChI is InChI=1S/C24H24N2O5S2/c27-24(16-18-32(28,29)21-9-2-1-3-10-21)25-20-12-14-22(15-13-20)33(30,31)26-17-6-8-19-7-4-5-11-23(19)26/h1-5,7,9-15H,6,8,16-18H2,(H,25,27). The molecule has 3 aromatic carbocycles. The molecule has 172 valence electrons. The molecule has 0 saturated heterocycles. The van der Waals surface area contributed by atoms with Crippen molar-refractivity contribution in [1.82, 2.24) is 0 Å². The zero-order valence-corrected chi connectivity index (χ0v) is 19.5. The van der Waals surface area contributed by atoms with E-state index >= 15 is 0 Å². The van der Waals surface area contributed by atoms with E-state index in [1.807, 2.05) is 24.3 Å². The number of benzene rings is 3. The smallest absolute Gasteiger partial charge is 0.264 e. The van der Waals surface area contributed by atoms with E-state index < -0.39 is 25.8 Å². The summed E-state index contributed by atoms with van der Waals surface area (Å²) in [7, 11) is -7.30. The van der Waals surface area contributed by atoms with E-state index in [2.05, 4.69) is 5.32 Å².